The van der Waals surface area contributed by atoms with Crippen LogP contribution < -0.4 is 0 Å². The number of rotatable bonds is 2. The van der Waals surface area contributed by atoms with Gasteiger partial charge >= 0.3 is 0 Å². The predicted octanol–water partition coefficient (Wildman–Crippen LogP) is 3.17. The Morgan fingerprint density at radius 1 is 1.33 bits per heavy atom. The molecule has 0 N–H and O–H groups in total. The predicted molar refractivity (Wildman–Crippen MR) is 61.5 cm³/mol. The maximum absolute atomic E-state index is 8.79. The van der Waals surface area contributed by atoms with E-state index in [4.69, 9.17) is 5.26 Å². The summed E-state index contributed by atoms with van der Waals surface area (Å²) >= 11 is 0. The fraction of sp³-hybridized carbons (Fsp3) is 0.308. The smallest absolute Gasteiger partial charge is 0.0991 e. The van der Waals surface area contributed by atoms with E-state index in [0.717, 1.165) is 17.5 Å². The van der Waals surface area contributed by atoms with Gasteiger partial charge in [-0.2, -0.15) is 5.26 Å². The normalized spacial score (nSPS) is 10.8. The van der Waals surface area contributed by atoms with Crippen LogP contribution in [0.1, 0.15) is 19.4 Å². The van der Waals surface area contributed by atoms with Gasteiger partial charge < -0.3 is 4.57 Å². The van der Waals surface area contributed by atoms with Crippen molar-refractivity contribution in [2.75, 3.05) is 0 Å². The summed E-state index contributed by atoms with van der Waals surface area (Å²) in [6.07, 6.45) is 2.09. The van der Waals surface area contributed by atoms with Gasteiger partial charge in [0.1, 0.15) is 0 Å². The number of hydrogen-bond donors (Lipinski definition) is 0. The van der Waals surface area contributed by atoms with Crippen LogP contribution in [0, 0.1) is 17.2 Å². The van der Waals surface area contributed by atoms with Crippen molar-refractivity contribution in [3.05, 3.63) is 36.0 Å². The van der Waals surface area contributed by atoms with Crippen LogP contribution in [0.15, 0.2) is 30.5 Å². The molecule has 15 heavy (non-hydrogen) atoms. The SMILES string of the molecule is CC(C)Cn1ccc2cc(C#N)ccc21. The molecule has 0 aliphatic heterocycles. The molecule has 0 unspecified atom stereocenters. The van der Waals surface area contributed by atoms with E-state index < -0.39 is 0 Å². The van der Waals surface area contributed by atoms with E-state index in [1.807, 2.05) is 18.2 Å². The summed E-state index contributed by atoms with van der Waals surface area (Å²) in [7, 11) is 0. The van der Waals surface area contributed by atoms with Crippen molar-refractivity contribution in [2.24, 2.45) is 5.92 Å². The van der Waals surface area contributed by atoms with Crippen LogP contribution >= 0.6 is 0 Å². The Balaban J connectivity index is 2.48. The summed E-state index contributed by atoms with van der Waals surface area (Å²) in [5.74, 6) is 0.635. The lowest BCUT2D eigenvalue weighted by Crippen LogP contribution is -2.02. The van der Waals surface area contributed by atoms with Crippen LogP contribution in [0.25, 0.3) is 10.9 Å². The molecular formula is C13H14N2. The third-order valence-corrected chi connectivity index (χ3v) is 2.46. The van der Waals surface area contributed by atoms with Gasteiger partial charge in [0.15, 0.2) is 0 Å². The zero-order valence-electron chi connectivity index (χ0n) is 9.07. The molecule has 76 valence electrons. The van der Waals surface area contributed by atoms with Gasteiger partial charge in [-0.15, -0.1) is 0 Å². The molecule has 1 heterocycles. The minimum atomic E-state index is 0.635. The first-order valence-corrected chi connectivity index (χ1v) is 5.19. The van der Waals surface area contributed by atoms with E-state index in [0.29, 0.717) is 5.92 Å². The third kappa shape index (κ3) is 1.87. The maximum Gasteiger partial charge on any atom is 0.0991 e. The fourth-order valence-corrected chi connectivity index (χ4v) is 1.82. The Morgan fingerprint density at radius 2 is 2.13 bits per heavy atom. The van der Waals surface area contributed by atoms with Gasteiger partial charge in [-0.3, -0.25) is 0 Å². The van der Waals surface area contributed by atoms with E-state index in [1.54, 1.807) is 0 Å². The second-order valence-electron chi connectivity index (χ2n) is 4.25. The lowest BCUT2D eigenvalue weighted by Gasteiger charge is -2.07. The van der Waals surface area contributed by atoms with Crippen molar-refractivity contribution in [1.82, 2.24) is 4.57 Å². The molecule has 0 amide bonds. The molecule has 2 heteroatoms. The average molecular weight is 198 g/mol. The van der Waals surface area contributed by atoms with Crippen LogP contribution in [0.5, 0.6) is 0 Å². The van der Waals surface area contributed by atoms with E-state index >= 15 is 0 Å². The van der Waals surface area contributed by atoms with E-state index in [2.05, 4.69) is 36.7 Å². The summed E-state index contributed by atoms with van der Waals surface area (Å²) in [5.41, 5.74) is 1.94. The largest absolute Gasteiger partial charge is 0.347 e. The van der Waals surface area contributed by atoms with Gasteiger partial charge in [0, 0.05) is 23.6 Å². The summed E-state index contributed by atoms with van der Waals surface area (Å²) in [6, 6.07) is 10.1. The van der Waals surface area contributed by atoms with Crippen LogP contribution in [-0.2, 0) is 6.54 Å². The molecule has 1 aromatic heterocycles. The standard InChI is InChI=1S/C13H14N2/c1-10(2)9-15-6-5-12-7-11(8-14)3-4-13(12)15/h3-7,10H,9H2,1-2H3. The van der Waals surface area contributed by atoms with E-state index in [-0.39, 0.29) is 0 Å². The van der Waals surface area contributed by atoms with Gasteiger partial charge in [0.05, 0.1) is 11.6 Å². The van der Waals surface area contributed by atoms with E-state index in [1.165, 1.54) is 5.52 Å². The molecule has 2 aromatic rings. The Labute approximate surface area is 89.7 Å². The molecule has 0 bridgehead atoms. The molecule has 0 spiro atoms. The topological polar surface area (TPSA) is 28.7 Å². The molecule has 0 fully saturated rings. The highest BCUT2D eigenvalue weighted by atomic mass is 15.0. The first-order chi connectivity index (χ1) is 7.20. The molecule has 1 aromatic carbocycles. The number of aromatic nitrogens is 1. The minimum Gasteiger partial charge on any atom is -0.347 e. The lowest BCUT2D eigenvalue weighted by atomic mass is 10.2. The van der Waals surface area contributed by atoms with Crippen molar-refractivity contribution in [2.45, 2.75) is 20.4 Å². The molecular weight excluding hydrogens is 184 g/mol. The lowest BCUT2D eigenvalue weighted by molar-refractivity contribution is 0.535. The summed E-state index contributed by atoms with van der Waals surface area (Å²) < 4.78 is 2.24. The first kappa shape index (κ1) is 9.79. The van der Waals surface area contributed by atoms with E-state index in [9.17, 15) is 0 Å². The maximum atomic E-state index is 8.79. The molecule has 2 nitrogen and oxygen atoms in total. The van der Waals surface area contributed by atoms with Crippen molar-refractivity contribution in [1.29, 1.82) is 5.26 Å². The number of nitriles is 1. The van der Waals surface area contributed by atoms with Crippen LogP contribution in [-0.4, -0.2) is 4.57 Å². The monoisotopic (exact) mass is 198 g/mol. The van der Waals surface area contributed by atoms with Gasteiger partial charge in [-0.25, -0.2) is 0 Å². The molecule has 0 saturated heterocycles. The quantitative estimate of drug-likeness (QED) is 0.728. The van der Waals surface area contributed by atoms with Crippen LogP contribution in [0.2, 0.25) is 0 Å². The Kier molecular flexibility index (Phi) is 2.47. The van der Waals surface area contributed by atoms with Crippen LogP contribution in [0.4, 0.5) is 0 Å². The number of nitrogens with zero attached hydrogens (tertiary/aromatic N) is 2. The highest BCUT2D eigenvalue weighted by Gasteiger charge is 2.03. The van der Waals surface area contributed by atoms with Gasteiger partial charge in [0.25, 0.3) is 0 Å². The highest BCUT2D eigenvalue weighted by Crippen LogP contribution is 2.18. The highest BCUT2D eigenvalue weighted by molar-refractivity contribution is 5.81. The molecule has 2 rings (SSSR count). The second-order valence-corrected chi connectivity index (χ2v) is 4.25. The summed E-state index contributed by atoms with van der Waals surface area (Å²) in [6.45, 7) is 5.43. The van der Waals surface area contributed by atoms with Crippen LogP contribution in [0.3, 0.4) is 0 Å². The van der Waals surface area contributed by atoms with Crippen molar-refractivity contribution in [3.63, 3.8) is 0 Å². The second kappa shape index (κ2) is 3.78. The zero-order valence-corrected chi connectivity index (χ0v) is 9.07. The van der Waals surface area contributed by atoms with Gasteiger partial charge in [-0.05, 0) is 30.2 Å². The van der Waals surface area contributed by atoms with Gasteiger partial charge in [0.2, 0.25) is 0 Å². The molecule has 0 aliphatic rings. The van der Waals surface area contributed by atoms with Crippen molar-refractivity contribution in [3.8, 4) is 6.07 Å². The molecule has 0 radical (unpaired) electrons. The summed E-state index contributed by atoms with van der Waals surface area (Å²) in [5, 5.41) is 9.94. The Morgan fingerprint density at radius 3 is 2.80 bits per heavy atom. The third-order valence-electron chi connectivity index (χ3n) is 2.46. The Bertz CT molecular complexity index is 515. The fourth-order valence-electron chi connectivity index (χ4n) is 1.82. The van der Waals surface area contributed by atoms with Gasteiger partial charge in [-0.1, -0.05) is 13.8 Å². The van der Waals surface area contributed by atoms with Crippen molar-refractivity contribution < 1.29 is 0 Å². The summed E-state index contributed by atoms with van der Waals surface area (Å²) in [4.78, 5) is 0. The molecule has 0 aliphatic carbocycles. The number of hydrogen-bond acceptors (Lipinski definition) is 1. The number of benzene rings is 1. The average Bonchev–Trinajstić information content (AvgIpc) is 2.60. The minimum absolute atomic E-state index is 0.635. The number of fused-ring (bicyclic) bond motifs is 1. The molecule has 0 atom stereocenters. The first-order valence-electron chi connectivity index (χ1n) is 5.19. The van der Waals surface area contributed by atoms with Crippen molar-refractivity contribution >= 4 is 10.9 Å². The Hall–Kier alpha value is -1.75. The zero-order chi connectivity index (χ0) is 10.8. The molecule has 0 saturated carbocycles.